The highest BCUT2D eigenvalue weighted by Crippen LogP contribution is 2.41. The lowest BCUT2D eigenvalue weighted by molar-refractivity contribution is -0.143. The number of benzene rings is 3. The second-order valence-corrected chi connectivity index (χ2v) is 10.4. The molecule has 1 atom stereocenters. The number of halogens is 9. The number of ether oxygens (including phenoxy) is 1. The van der Waals surface area contributed by atoms with Crippen LogP contribution in [0.5, 0.6) is 5.75 Å². The Kier molecular flexibility index (Phi) is 8.82. The number of nitrogens with zero attached hydrogens (tertiary/aromatic N) is 3. The third-order valence-electron chi connectivity index (χ3n) is 7.11. The molecule has 0 saturated heterocycles. The SMILES string of the molecule is COc1ccc(C(C)C)cc1-c1ccc(C(F)(F)F)cc1CN1C[C@@H](c2cc(C(F)(F)F)cc(C(F)(F)F)c2)N=C1NC#N. The third kappa shape index (κ3) is 7.03. The van der Waals surface area contributed by atoms with Gasteiger partial charge in [-0.05, 0) is 70.6 Å². The Labute approximate surface area is 246 Å². The lowest BCUT2D eigenvalue weighted by atomic mass is 9.92. The molecule has 1 N–H and O–H groups in total. The maximum Gasteiger partial charge on any atom is 0.416 e. The Morgan fingerprint density at radius 1 is 0.864 bits per heavy atom. The fourth-order valence-electron chi connectivity index (χ4n) is 4.88. The van der Waals surface area contributed by atoms with Crippen molar-refractivity contribution < 1.29 is 44.3 Å². The highest BCUT2D eigenvalue weighted by molar-refractivity contribution is 5.84. The first-order valence-electron chi connectivity index (χ1n) is 13.1. The van der Waals surface area contributed by atoms with Crippen molar-refractivity contribution in [2.45, 2.75) is 50.9 Å². The average Bonchev–Trinajstić information content (AvgIpc) is 3.33. The van der Waals surface area contributed by atoms with Gasteiger partial charge in [0.2, 0.25) is 5.96 Å². The van der Waals surface area contributed by atoms with Crippen LogP contribution in [-0.2, 0) is 25.1 Å². The van der Waals surface area contributed by atoms with Crippen LogP contribution in [0.15, 0.2) is 59.6 Å². The predicted octanol–water partition coefficient (Wildman–Crippen LogP) is 8.53. The largest absolute Gasteiger partial charge is 0.496 e. The fraction of sp³-hybridized carbons (Fsp3) is 0.333. The van der Waals surface area contributed by atoms with Crippen molar-refractivity contribution in [2.24, 2.45) is 4.99 Å². The van der Waals surface area contributed by atoms with E-state index < -0.39 is 46.8 Å². The molecule has 1 aliphatic rings. The predicted molar refractivity (Wildman–Crippen MR) is 143 cm³/mol. The molecule has 3 aromatic rings. The van der Waals surface area contributed by atoms with Crippen LogP contribution in [0.25, 0.3) is 11.1 Å². The molecule has 0 bridgehead atoms. The molecule has 3 aromatic carbocycles. The number of rotatable bonds is 6. The van der Waals surface area contributed by atoms with E-state index in [1.165, 1.54) is 18.1 Å². The minimum absolute atomic E-state index is 0.0120. The molecule has 4 rings (SSSR count). The van der Waals surface area contributed by atoms with Gasteiger partial charge in [-0.15, -0.1) is 0 Å². The summed E-state index contributed by atoms with van der Waals surface area (Å²) in [5, 5.41) is 11.5. The van der Waals surface area contributed by atoms with Crippen molar-refractivity contribution >= 4 is 5.96 Å². The summed E-state index contributed by atoms with van der Waals surface area (Å²) in [5.74, 6) is 0.196. The summed E-state index contributed by atoms with van der Waals surface area (Å²) in [5.41, 5.74) is -2.70. The quantitative estimate of drug-likeness (QED) is 0.169. The number of aliphatic imine (C=N–C) groups is 1. The molecule has 0 spiro atoms. The Morgan fingerprint density at radius 2 is 1.48 bits per heavy atom. The molecule has 1 heterocycles. The molecule has 0 radical (unpaired) electrons. The van der Waals surface area contributed by atoms with Crippen LogP contribution in [0.3, 0.4) is 0 Å². The molecule has 1 aliphatic heterocycles. The van der Waals surface area contributed by atoms with Gasteiger partial charge in [0.1, 0.15) is 5.75 Å². The van der Waals surface area contributed by atoms with Crippen molar-refractivity contribution in [1.82, 2.24) is 10.2 Å². The molecule has 234 valence electrons. The lowest BCUT2D eigenvalue weighted by Gasteiger charge is -2.24. The third-order valence-corrected chi connectivity index (χ3v) is 7.11. The number of alkyl halides is 9. The number of nitrogens with one attached hydrogen (secondary N) is 1. The van der Waals surface area contributed by atoms with E-state index in [0.29, 0.717) is 29.0 Å². The van der Waals surface area contributed by atoms with E-state index in [1.807, 2.05) is 19.9 Å². The van der Waals surface area contributed by atoms with Gasteiger partial charge in [0.25, 0.3) is 0 Å². The summed E-state index contributed by atoms with van der Waals surface area (Å²) in [4.78, 5) is 5.43. The minimum atomic E-state index is -5.09. The Bertz CT molecular complexity index is 1570. The molecular weight excluding hydrogens is 603 g/mol. The second-order valence-electron chi connectivity index (χ2n) is 10.4. The van der Waals surface area contributed by atoms with Gasteiger partial charge in [0.05, 0.1) is 29.8 Å². The number of hydrogen-bond acceptors (Lipinski definition) is 5. The Hall–Kier alpha value is -4.41. The van der Waals surface area contributed by atoms with Crippen LogP contribution in [0.1, 0.15) is 59.2 Å². The summed E-state index contributed by atoms with van der Waals surface area (Å²) < 4.78 is 128. The van der Waals surface area contributed by atoms with E-state index in [9.17, 15) is 44.8 Å². The lowest BCUT2D eigenvalue weighted by Crippen LogP contribution is -2.35. The van der Waals surface area contributed by atoms with Crippen molar-refractivity contribution in [1.29, 1.82) is 5.26 Å². The van der Waals surface area contributed by atoms with Crippen LogP contribution in [0, 0.1) is 11.5 Å². The summed E-state index contributed by atoms with van der Waals surface area (Å²) in [6.45, 7) is 3.20. The maximum atomic E-state index is 13.8. The smallest absolute Gasteiger partial charge is 0.416 e. The number of nitriles is 1. The second kappa shape index (κ2) is 11.9. The summed E-state index contributed by atoms with van der Waals surface area (Å²) in [7, 11) is 1.40. The zero-order chi connectivity index (χ0) is 32.6. The summed E-state index contributed by atoms with van der Waals surface area (Å²) >= 11 is 0. The zero-order valence-electron chi connectivity index (χ0n) is 23.4. The van der Waals surface area contributed by atoms with Crippen LogP contribution >= 0.6 is 0 Å². The molecule has 14 heteroatoms. The normalized spacial score (nSPS) is 15.8. The molecule has 44 heavy (non-hydrogen) atoms. The van der Waals surface area contributed by atoms with Gasteiger partial charge in [-0.2, -0.15) is 44.8 Å². The molecule has 0 aromatic heterocycles. The van der Waals surface area contributed by atoms with Gasteiger partial charge < -0.3 is 9.64 Å². The Morgan fingerprint density at radius 3 is 2.00 bits per heavy atom. The molecule has 0 fully saturated rings. The van der Waals surface area contributed by atoms with Crippen molar-refractivity contribution in [2.75, 3.05) is 13.7 Å². The van der Waals surface area contributed by atoms with Crippen molar-refractivity contribution in [3.63, 3.8) is 0 Å². The standard InChI is InChI=1S/C30H25F9N4O/c1-16(2)17-4-7-26(44-3)24(11-17)23-6-5-20(28(31,32)33)10-19(23)13-43-14-25(42-27(43)41-15-40)18-8-21(29(34,35)36)12-22(9-18)30(37,38)39/h4-12,16,25H,13-14H2,1-3H3,(H,41,42)/t25-/m0/s1. The first kappa shape index (κ1) is 32.5. The van der Waals surface area contributed by atoms with Crippen LogP contribution in [-0.4, -0.2) is 24.5 Å². The molecular formula is C30H25F9N4O. The van der Waals surface area contributed by atoms with E-state index in [0.717, 1.165) is 17.7 Å². The number of methoxy groups -OCH3 is 1. The van der Waals surface area contributed by atoms with E-state index in [-0.39, 0.29) is 36.6 Å². The summed E-state index contributed by atoms with van der Waals surface area (Å²) in [6, 6.07) is 8.09. The van der Waals surface area contributed by atoms with Gasteiger partial charge in [-0.1, -0.05) is 26.0 Å². The topological polar surface area (TPSA) is 60.6 Å². The van der Waals surface area contributed by atoms with Gasteiger partial charge in [0, 0.05) is 18.7 Å². The number of guanidine groups is 1. The summed E-state index contributed by atoms with van der Waals surface area (Å²) in [6.07, 6.45) is -13.3. The highest BCUT2D eigenvalue weighted by Gasteiger charge is 2.39. The van der Waals surface area contributed by atoms with Gasteiger partial charge in [-0.3, -0.25) is 5.32 Å². The zero-order valence-corrected chi connectivity index (χ0v) is 23.4. The maximum absolute atomic E-state index is 13.8. The minimum Gasteiger partial charge on any atom is -0.496 e. The number of hydrogen-bond donors (Lipinski definition) is 1. The fourth-order valence-corrected chi connectivity index (χ4v) is 4.88. The molecule has 0 aliphatic carbocycles. The van der Waals surface area contributed by atoms with E-state index in [1.54, 1.807) is 18.3 Å². The first-order chi connectivity index (χ1) is 20.4. The van der Waals surface area contributed by atoms with Gasteiger partial charge in [0.15, 0.2) is 6.19 Å². The van der Waals surface area contributed by atoms with E-state index >= 15 is 0 Å². The van der Waals surface area contributed by atoms with Gasteiger partial charge >= 0.3 is 18.5 Å². The van der Waals surface area contributed by atoms with Crippen molar-refractivity contribution in [3.05, 3.63) is 88.0 Å². The van der Waals surface area contributed by atoms with E-state index in [2.05, 4.69) is 10.3 Å². The van der Waals surface area contributed by atoms with E-state index in [4.69, 9.17) is 4.74 Å². The van der Waals surface area contributed by atoms with Crippen molar-refractivity contribution in [3.8, 4) is 23.1 Å². The molecule has 0 saturated carbocycles. The van der Waals surface area contributed by atoms with Crippen LogP contribution < -0.4 is 10.1 Å². The molecule has 0 amide bonds. The van der Waals surface area contributed by atoms with Crippen LogP contribution in [0.2, 0.25) is 0 Å². The van der Waals surface area contributed by atoms with Crippen LogP contribution in [0.4, 0.5) is 39.5 Å². The highest BCUT2D eigenvalue weighted by atomic mass is 19.4. The average molecular weight is 629 g/mol. The molecule has 5 nitrogen and oxygen atoms in total. The monoisotopic (exact) mass is 628 g/mol. The first-order valence-corrected chi connectivity index (χ1v) is 13.1. The Balaban J connectivity index is 1.81. The molecule has 0 unspecified atom stereocenters. The van der Waals surface area contributed by atoms with Gasteiger partial charge in [-0.25, -0.2) is 4.99 Å².